The van der Waals surface area contributed by atoms with Crippen molar-refractivity contribution in [2.45, 2.75) is 13.5 Å². The van der Waals surface area contributed by atoms with Crippen LogP contribution in [0.1, 0.15) is 11.4 Å². The van der Waals surface area contributed by atoms with Gasteiger partial charge in [-0.25, -0.2) is 13.8 Å². The summed E-state index contributed by atoms with van der Waals surface area (Å²) in [5.41, 5.74) is 0.329. The van der Waals surface area contributed by atoms with Gasteiger partial charge in [-0.05, 0) is 47.2 Å². The Kier molecular flexibility index (Phi) is 3.74. The Morgan fingerprint density at radius 1 is 1.33 bits per heavy atom. The minimum atomic E-state index is -0.920. The Bertz CT molecular complexity index is 655. The normalized spacial score (nSPS) is 10.7. The van der Waals surface area contributed by atoms with E-state index in [1.165, 1.54) is 16.8 Å². The van der Waals surface area contributed by atoms with Crippen molar-refractivity contribution in [1.82, 2.24) is 9.55 Å². The highest BCUT2D eigenvalue weighted by Gasteiger charge is 2.08. The van der Waals surface area contributed by atoms with Gasteiger partial charge in [0.05, 0.1) is 10.1 Å². The molecule has 18 heavy (non-hydrogen) atoms. The molecule has 0 radical (unpaired) electrons. The first-order chi connectivity index (χ1) is 8.49. The third-order valence-electron chi connectivity index (χ3n) is 2.53. The highest BCUT2D eigenvalue weighted by atomic mass is 127. The first-order valence-electron chi connectivity index (χ1n) is 5.15. The molecule has 0 atom stereocenters. The summed E-state index contributed by atoms with van der Waals surface area (Å²) >= 11 is 1.89. The predicted molar refractivity (Wildman–Crippen MR) is 71.4 cm³/mol. The molecule has 0 saturated carbocycles. The number of aryl methyl sites for hydroxylation is 1. The zero-order valence-electron chi connectivity index (χ0n) is 9.45. The minimum absolute atomic E-state index is 0.172. The molecule has 94 valence electrons. The number of nitrogens with zero attached hydrogens (tertiary/aromatic N) is 2. The minimum Gasteiger partial charge on any atom is -0.292 e. The maximum Gasteiger partial charge on any atom is 0.267 e. The molecule has 0 N–H and O–H groups in total. The summed E-state index contributed by atoms with van der Waals surface area (Å²) < 4.78 is 27.8. The molecule has 0 aliphatic heterocycles. The smallest absolute Gasteiger partial charge is 0.267 e. The van der Waals surface area contributed by atoms with E-state index in [9.17, 15) is 13.6 Å². The lowest BCUT2D eigenvalue weighted by Crippen LogP contribution is -2.26. The Morgan fingerprint density at radius 2 is 2.06 bits per heavy atom. The van der Waals surface area contributed by atoms with Crippen LogP contribution in [0, 0.1) is 22.1 Å². The average molecular weight is 362 g/mol. The van der Waals surface area contributed by atoms with Crippen LogP contribution in [0.3, 0.4) is 0 Å². The van der Waals surface area contributed by atoms with Crippen molar-refractivity contribution < 1.29 is 8.78 Å². The van der Waals surface area contributed by atoms with Crippen LogP contribution in [0.4, 0.5) is 8.78 Å². The molecule has 0 unspecified atom stereocenters. The number of halogens is 3. The van der Waals surface area contributed by atoms with Crippen LogP contribution in [-0.2, 0) is 6.54 Å². The van der Waals surface area contributed by atoms with Gasteiger partial charge >= 0.3 is 0 Å². The van der Waals surface area contributed by atoms with Gasteiger partial charge in [0, 0.05) is 6.20 Å². The van der Waals surface area contributed by atoms with E-state index in [1.54, 1.807) is 6.92 Å². The van der Waals surface area contributed by atoms with E-state index in [0.717, 1.165) is 12.1 Å². The lowest BCUT2D eigenvalue weighted by atomic mass is 10.2. The Morgan fingerprint density at radius 3 is 2.72 bits per heavy atom. The van der Waals surface area contributed by atoms with Crippen molar-refractivity contribution in [3.8, 4) is 0 Å². The fourth-order valence-corrected chi connectivity index (χ4v) is 1.99. The van der Waals surface area contributed by atoms with E-state index in [1.807, 2.05) is 22.6 Å². The number of hydrogen-bond acceptors (Lipinski definition) is 2. The van der Waals surface area contributed by atoms with Crippen LogP contribution in [0.5, 0.6) is 0 Å². The van der Waals surface area contributed by atoms with Crippen molar-refractivity contribution in [2.75, 3.05) is 0 Å². The quantitative estimate of drug-likeness (QED) is 0.770. The molecular weight excluding hydrogens is 353 g/mol. The van der Waals surface area contributed by atoms with E-state index in [2.05, 4.69) is 4.98 Å². The monoisotopic (exact) mass is 362 g/mol. The Balaban J connectivity index is 2.43. The summed E-state index contributed by atoms with van der Waals surface area (Å²) in [6.07, 6.45) is 1.49. The lowest BCUT2D eigenvalue weighted by Gasteiger charge is -2.09. The largest absolute Gasteiger partial charge is 0.292 e. The van der Waals surface area contributed by atoms with E-state index in [4.69, 9.17) is 0 Å². The van der Waals surface area contributed by atoms with Crippen molar-refractivity contribution >= 4 is 22.6 Å². The van der Waals surface area contributed by atoms with Gasteiger partial charge in [-0.15, -0.1) is 0 Å². The van der Waals surface area contributed by atoms with E-state index in [-0.39, 0.29) is 12.1 Å². The van der Waals surface area contributed by atoms with Gasteiger partial charge in [0.1, 0.15) is 5.82 Å². The second kappa shape index (κ2) is 5.13. The molecule has 0 fully saturated rings. The number of benzene rings is 1. The summed E-state index contributed by atoms with van der Waals surface area (Å²) in [5, 5.41) is 0. The molecule has 2 rings (SSSR count). The maximum atomic E-state index is 13.1. The standard InChI is InChI=1S/C12H9F2IN2O/c1-7-16-5-11(15)12(18)17(7)6-8-2-3-9(13)10(14)4-8/h2-5H,6H2,1H3. The summed E-state index contributed by atoms with van der Waals surface area (Å²) in [6.45, 7) is 1.86. The Labute approximate surface area is 116 Å². The molecule has 6 heteroatoms. The molecule has 1 aromatic heterocycles. The van der Waals surface area contributed by atoms with Crippen LogP contribution >= 0.6 is 22.6 Å². The van der Waals surface area contributed by atoms with Crippen molar-refractivity contribution in [3.63, 3.8) is 0 Å². The third-order valence-corrected chi connectivity index (χ3v) is 3.27. The van der Waals surface area contributed by atoms with Crippen LogP contribution in [0.2, 0.25) is 0 Å². The highest BCUT2D eigenvalue weighted by molar-refractivity contribution is 14.1. The van der Waals surface area contributed by atoms with Gasteiger partial charge < -0.3 is 0 Å². The molecule has 0 amide bonds. The van der Waals surface area contributed by atoms with Crippen LogP contribution in [0.25, 0.3) is 0 Å². The van der Waals surface area contributed by atoms with Gasteiger partial charge in [-0.2, -0.15) is 0 Å². The van der Waals surface area contributed by atoms with Crippen LogP contribution < -0.4 is 5.56 Å². The molecular formula is C12H9F2IN2O. The second-order valence-electron chi connectivity index (χ2n) is 3.79. The molecule has 0 aliphatic rings. The van der Waals surface area contributed by atoms with Gasteiger partial charge in [-0.3, -0.25) is 9.36 Å². The lowest BCUT2D eigenvalue weighted by molar-refractivity contribution is 0.506. The molecule has 3 nitrogen and oxygen atoms in total. The van der Waals surface area contributed by atoms with Crippen molar-refractivity contribution in [2.24, 2.45) is 0 Å². The summed E-state index contributed by atoms with van der Waals surface area (Å²) in [7, 11) is 0. The molecule has 2 aromatic rings. The number of hydrogen-bond donors (Lipinski definition) is 0. The highest BCUT2D eigenvalue weighted by Crippen LogP contribution is 2.10. The molecule has 1 aromatic carbocycles. The fraction of sp³-hybridized carbons (Fsp3) is 0.167. The SMILES string of the molecule is Cc1ncc(I)c(=O)n1Cc1ccc(F)c(F)c1. The molecule has 1 heterocycles. The summed E-state index contributed by atoms with van der Waals surface area (Å²) in [6, 6.07) is 3.58. The second-order valence-corrected chi connectivity index (χ2v) is 4.96. The van der Waals surface area contributed by atoms with E-state index in [0.29, 0.717) is 15.0 Å². The predicted octanol–water partition coefficient (Wildman–Crippen LogP) is 2.48. The van der Waals surface area contributed by atoms with Crippen molar-refractivity contribution in [3.05, 3.63) is 61.3 Å². The number of aromatic nitrogens is 2. The van der Waals surface area contributed by atoms with Gasteiger partial charge in [0.15, 0.2) is 11.6 Å². The van der Waals surface area contributed by atoms with Crippen LogP contribution in [-0.4, -0.2) is 9.55 Å². The average Bonchev–Trinajstić information content (AvgIpc) is 2.34. The zero-order valence-corrected chi connectivity index (χ0v) is 11.6. The topological polar surface area (TPSA) is 34.9 Å². The molecule has 0 aliphatic carbocycles. The van der Waals surface area contributed by atoms with Gasteiger partial charge in [0.2, 0.25) is 0 Å². The molecule has 0 spiro atoms. The molecule has 0 bridgehead atoms. The third kappa shape index (κ3) is 2.58. The first-order valence-corrected chi connectivity index (χ1v) is 6.23. The summed E-state index contributed by atoms with van der Waals surface area (Å²) in [4.78, 5) is 16.0. The van der Waals surface area contributed by atoms with E-state index >= 15 is 0 Å². The first kappa shape index (κ1) is 13.1. The zero-order chi connectivity index (χ0) is 13.3. The Hall–Kier alpha value is -1.31. The van der Waals surface area contributed by atoms with Crippen LogP contribution in [0.15, 0.2) is 29.2 Å². The molecule has 0 saturated heterocycles. The number of rotatable bonds is 2. The van der Waals surface area contributed by atoms with Gasteiger partial charge in [-0.1, -0.05) is 6.07 Å². The van der Waals surface area contributed by atoms with Gasteiger partial charge in [0.25, 0.3) is 5.56 Å². The van der Waals surface area contributed by atoms with Crippen molar-refractivity contribution in [1.29, 1.82) is 0 Å². The fourth-order valence-electron chi connectivity index (χ4n) is 1.56. The maximum absolute atomic E-state index is 13.1. The van der Waals surface area contributed by atoms with E-state index < -0.39 is 11.6 Å². The summed E-state index contributed by atoms with van der Waals surface area (Å²) in [5.74, 6) is -1.29.